The number of carbonyl (C=O) groups excluding carboxylic acids is 2. The van der Waals surface area contributed by atoms with Crippen LogP contribution in [0.4, 0.5) is 5.69 Å². The molecule has 2 aromatic carbocycles. The molecule has 0 radical (unpaired) electrons. The standard InChI is InChI=1S/C22H26N2O2/c1-17(25)20-8-5-9-21(15-20)23-22(26)16-24-12-10-19(11-13-24)14-18-6-3-2-4-7-18/h2-9,15,19H,10-14,16H2,1H3,(H,23,26)/p+1. The zero-order chi connectivity index (χ0) is 18.4. The number of amides is 1. The molecule has 1 heterocycles. The lowest BCUT2D eigenvalue weighted by Crippen LogP contribution is -3.14. The molecule has 0 aliphatic carbocycles. The summed E-state index contributed by atoms with van der Waals surface area (Å²) in [4.78, 5) is 25.1. The second-order valence-corrected chi connectivity index (χ2v) is 7.25. The fourth-order valence-electron chi connectivity index (χ4n) is 3.66. The number of rotatable bonds is 6. The SMILES string of the molecule is CC(=O)c1cccc(NC(=O)C[NH+]2CCC(Cc3ccccc3)CC2)c1. The van der Waals surface area contributed by atoms with Crippen molar-refractivity contribution >= 4 is 17.4 Å². The lowest BCUT2D eigenvalue weighted by Gasteiger charge is -2.29. The fraction of sp³-hybridized carbons (Fsp3) is 0.364. The molecular weight excluding hydrogens is 324 g/mol. The van der Waals surface area contributed by atoms with Gasteiger partial charge in [0, 0.05) is 11.3 Å². The summed E-state index contributed by atoms with van der Waals surface area (Å²) in [6, 6.07) is 17.8. The van der Waals surface area contributed by atoms with Crippen molar-refractivity contribution in [2.45, 2.75) is 26.2 Å². The van der Waals surface area contributed by atoms with Gasteiger partial charge < -0.3 is 10.2 Å². The van der Waals surface area contributed by atoms with Gasteiger partial charge in [-0.05, 0) is 49.8 Å². The number of ketones is 1. The molecule has 1 saturated heterocycles. The van der Waals surface area contributed by atoms with Crippen LogP contribution in [-0.2, 0) is 11.2 Å². The van der Waals surface area contributed by atoms with E-state index in [0.717, 1.165) is 38.3 Å². The van der Waals surface area contributed by atoms with Crippen LogP contribution in [-0.4, -0.2) is 31.3 Å². The maximum atomic E-state index is 12.3. The number of piperidine rings is 1. The Bertz CT molecular complexity index is 750. The molecule has 0 saturated carbocycles. The number of hydrogen-bond acceptors (Lipinski definition) is 2. The molecule has 0 bridgehead atoms. The molecule has 4 heteroatoms. The lowest BCUT2D eigenvalue weighted by molar-refractivity contribution is -0.898. The third kappa shape index (κ3) is 5.27. The topological polar surface area (TPSA) is 50.6 Å². The van der Waals surface area contributed by atoms with Gasteiger partial charge in [0.15, 0.2) is 12.3 Å². The van der Waals surface area contributed by atoms with E-state index in [9.17, 15) is 9.59 Å². The van der Waals surface area contributed by atoms with E-state index in [0.29, 0.717) is 17.8 Å². The van der Waals surface area contributed by atoms with Gasteiger partial charge in [0.1, 0.15) is 0 Å². The maximum absolute atomic E-state index is 12.3. The third-order valence-electron chi connectivity index (χ3n) is 5.14. The van der Waals surface area contributed by atoms with Crippen molar-refractivity contribution in [1.82, 2.24) is 0 Å². The van der Waals surface area contributed by atoms with Gasteiger partial charge in [-0.1, -0.05) is 42.5 Å². The van der Waals surface area contributed by atoms with Crippen molar-refractivity contribution < 1.29 is 14.5 Å². The van der Waals surface area contributed by atoms with Crippen LogP contribution in [0.1, 0.15) is 35.7 Å². The quantitative estimate of drug-likeness (QED) is 0.785. The summed E-state index contributed by atoms with van der Waals surface area (Å²) in [6.45, 7) is 4.10. The van der Waals surface area contributed by atoms with Crippen LogP contribution >= 0.6 is 0 Å². The highest BCUT2D eigenvalue weighted by Gasteiger charge is 2.24. The summed E-state index contributed by atoms with van der Waals surface area (Å²) < 4.78 is 0. The van der Waals surface area contributed by atoms with Crippen molar-refractivity contribution in [2.75, 3.05) is 25.0 Å². The first-order valence-corrected chi connectivity index (χ1v) is 9.38. The minimum atomic E-state index is 0.00668. The van der Waals surface area contributed by atoms with Crippen LogP contribution in [0.5, 0.6) is 0 Å². The Labute approximate surface area is 155 Å². The van der Waals surface area contributed by atoms with Gasteiger partial charge in [0.25, 0.3) is 5.91 Å². The minimum absolute atomic E-state index is 0.00668. The summed E-state index contributed by atoms with van der Waals surface area (Å²) in [5.74, 6) is 0.742. The predicted octanol–water partition coefficient (Wildman–Crippen LogP) is 2.37. The monoisotopic (exact) mass is 351 g/mol. The van der Waals surface area contributed by atoms with E-state index in [1.54, 1.807) is 18.2 Å². The summed E-state index contributed by atoms with van der Waals surface area (Å²) in [6.07, 6.45) is 3.47. The molecule has 1 amide bonds. The van der Waals surface area contributed by atoms with E-state index in [-0.39, 0.29) is 11.7 Å². The van der Waals surface area contributed by atoms with Gasteiger partial charge in [-0.25, -0.2) is 0 Å². The van der Waals surface area contributed by atoms with E-state index in [1.807, 2.05) is 6.07 Å². The molecule has 1 fully saturated rings. The molecule has 1 aliphatic rings. The lowest BCUT2D eigenvalue weighted by atomic mass is 9.90. The Kier molecular flexibility index (Phi) is 6.18. The number of benzene rings is 2. The molecule has 3 rings (SSSR count). The van der Waals surface area contributed by atoms with Gasteiger partial charge in [-0.15, -0.1) is 0 Å². The molecule has 1 aliphatic heterocycles. The molecule has 4 nitrogen and oxygen atoms in total. The van der Waals surface area contributed by atoms with Crippen LogP contribution in [0.3, 0.4) is 0 Å². The number of nitrogens with one attached hydrogen (secondary N) is 2. The second kappa shape index (κ2) is 8.77. The predicted molar refractivity (Wildman–Crippen MR) is 104 cm³/mol. The number of quaternary nitrogens is 1. The largest absolute Gasteiger partial charge is 0.327 e. The summed E-state index contributed by atoms with van der Waals surface area (Å²) in [5.41, 5.74) is 2.72. The van der Waals surface area contributed by atoms with Crippen molar-refractivity contribution in [3.63, 3.8) is 0 Å². The zero-order valence-electron chi connectivity index (χ0n) is 15.3. The summed E-state index contributed by atoms with van der Waals surface area (Å²) in [5, 5.41) is 2.92. The van der Waals surface area contributed by atoms with Gasteiger partial charge in [-0.3, -0.25) is 9.59 Å². The molecule has 136 valence electrons. The van der Waals surface area contributed by atoms with Crippen molar-refractivity contribution in [2.24, 2.45) is 5.92 Å². The van der Waals surface area contributed by atoms with Crippen molar-refractivity contribution in [3.8, 4) is 0 Å². The first kappa shape index (κ1) is 18.3. The molecular formula is C22H27N2O2+. The molecule has 0 aromatic heterocycles. The molecule has 26 heavy (non-hydrogen) atoms. The van der Waals surface area contributed by atoms with Crippen LogP contribution in [0.15, 0.2) is 54.6 Å². The molecule has 0 atom stereocenters. The van der Waals surface area contributed by atoms with Gasteiger partial charge >= 0.3 is 0 Å². The average molecular weight is 351 g/mol. The van der Waals surface area contributed by atoms with Crippen LogP contribution < -0.4 is 10.2 Å². The molecule has 2 aromatic rings. The normalized spacial score (nSPS) is 19.7. The van der Waals surface area contributed by atoms with Crippen molar-refractivity contribution in [3.05, 3.63) is 65.7 Å². The Balaban J connectivity index is 1.45. The Hall–Kier alpha value is -2.46. The smallest absolute Gasteiger partial charge is 0.279 e. The number of carbonyl (C=O) groups is 2. The van der Waals surface area contributed by atoms with E-state index in [1.165, 1.54) is 17.4 Å². The van der Waals surface area contributed by atoms with Crippen LogP contribution in [0, 0.1) is 5.92 Å². The van der Waals surface area contributed by atoms with Gasteiger partial charge in [0.05, 0.1) is 13.1 Å². The Morgan fingerprint density at radius 1 is 1.04 bits per heavy atom. The number of hydrogen-bond donors (Lipinski definition) is 2. The number of likely N-dealkylation sites (tertiary alicyclic amines) is 1. The highest BCUT2D eigenvalue weighted by Crippen LogP contribution is 2.16. The third-order valence-corrected chi connectivity index (χ3v) is 5.14. The van der Waals surface area contributed by atoms with E-state index in [2.05, 4.69) is 35.6 Å². The van der Waals surface area contributed by atoms with Crippen LogP contribution in [0.2, 0.25) is 0 Å². The van der Waals surface area contributed by atoms with E-state index < -0.39 is 0 Å². The van der Waals surface area contributed by atoms with Crippen LogP contribution in [0.25, 0.3) is 0 Å². The average Bonchev–Trinajstić information content (AvgIpc) is 2.64. The Morgan fingerprint density at radius 2 is 1.77 bits per heavy atom. The van der Waals surface area contributed by atoms with Gasteiger partial charge in [-0.2, -0.15) is 0 Å². The number of anilines is 1. The number of Topliss-reactive ketones (excluding diaryl/α,β-unsaturated/α-hetero) is 1. The highest BCUT2D eigenvalue weighted by atomic mass is 16.2. The van der Waals surface area contributed by atoms with E-state index >= 15 is 0 Å². The summed E-state index contributed by atoms with van der Waals surface area (Å²) in [7, 11) is 0. The minimum Gasteiger partial charge on any atom is -0.327 e. The van der Waals surface area contributed by atoms with Gasteiger partial charge in [0.2, 0.25) is 0 Å². The fourth-order valence-corrected chi connectivity index (χ4v) is 3.66. The molecule has 2 N–H and O–H groups in total. The zero-order valence-corrected chi connectivity index (χ0v) is 15.3. The second-order valence-electron chi connectivity index (χ2n) is 7.25. The first-order valence-electron chi connectivity index (χ1n) is 9.38. The highest BCUT2D eigenvalue weighted by molar-refractivity contribution is 5.97. The van der Waals surface area contributed by atoms with Crippen molar-refractivity contribution in [1.29, 1.82) is 0 Å². The maximum Gasteiger partial charge on any atom is 0.279 e. The summed E-state index contributed by atoms with van der Waals surface area (Å²) >= 11 is 0. The molecule has 0 unspecified atom stereocenters. The van der Waals surface area contributed by atoms with E-state index in [4.69, 9.17) is 0 Å². The molecule has 0 spiro atoms. The first-order chi connectivity index (χ1) is 12.6. The Morgan fingerprint density at radius 3 is 2.46 bits per heavy atom.